The van der Waals surface area contributed by atoms with Gasteiger partial charge in [-0.3, -0.25) is 0 Å². The quantitative estimate of drug-likeness (QED) is 0.623. The van der Waals surface area contributed by atoms with Crippen molar-refractivity contribution in [3.8, 4) is 5.75 Å². The minimum absolute atomic E-state index is 0.550. The van der Waals surface area contributed by atoms with Crippen LogP contribution in [0.3, 0.4) is 0 Å². The molecule has 1 aliphatic rings. The molecule has 0 bridgehead atoms. The number of hydrogen-bond donors (Lipinski definition) is 0. The molecule has 1 unspecified atom stereocenters. The van der Waals surface area contributed by atoms with E-state index in [1.54, 1.807) is 0 Å². The molecule has 0 amide bonds. The first-order valence-electron chi connectivity index (χ1n) is 9.56. The fourth-order valence-corrected chi connectivity index (χ4v) is 3.75. The predicted octanol–water partition coefficient (Wildman–Crippen LogP) is 5.50. The van der Waals surface area contributed by atoms with Gasteiger partial charge in [0.25, 0.3) is 0 Å². The van der Waals surface area contributed by atoms with Gasteiger partial charge in [0.2, 0.25) is 0 Å². The van der Waals surface area contributed by atoms with Crippen LogP contribution >= 0.6 is 0 Å². The standard InChI is InChI=1S/C23H26N2O/c1-17-8-3-4-10-20(17)16-26-21-12-7-11-19-13-14-22(24-23(19)21)25-15-6-5-9-18(25)2/h3-4,7-8,10-14,18H,5-6,9,15-16H2,1-2H3. The molecule has 0 spiro atoms. The second kappa shape index (κ2) is 7.36. The Morgan fingerprint density at radius 2 is 1.92 bits per heavy atom. The molecule has 1 saturated heterocycles. The number of ether oxygens (including phenoxy) is 1. The highest BCUT2D eigenvalue weighted by Gasteiger charge is 2.20. The van der Waals surface area contributed by atoms with Gasteiger partial charge in [-0.05, 0) is 62.4 Å². The van der Waals surface area contributed by atoms with Crippen LogP contribution in [0.25, 0.3) is 10.9 Å². The van der Waals surface area contributed by atoms with Crippen LogP contribution in [0.2, 0.25) is 0 Å². The summed E-state index contributed by atoms with van der Waals surface area (Å²) in [6, 6.07) is 19.4. The first-order chi connectivity index (χ1) is 12.7. The summed E-state index contributed by atoms with van der Waals surface area (Å²) in [6.45, 7) is 6.07. The van der Waals surface area contributed by atoms with Gasteiger partial charge < -0.3 is 9.64 Å². The molecule has 1 aromatic heterocycles. The van der Waals surface area contributed by atoms with Crippen LogP contribution in [0, 0.1) is 6.92 Å². The lowest BCUT2D eigenvalue weighted by Crippen LogP contribution is -2.37. The molecule has 1 fully saturated rings. The molecule has 3 aromatic rings. The smallest absolute Gasteiger partial charge is 0.146 e. The van der Waals surface area contributed by atoms with E-state index >= 15 is 0 Å². The molecule has 3 heteroatoms. The zero-order chi connectivity index (χ0) is 17.9. The lowest BCUT2D eigenvalue weighted by molar-refractivity contribution is 0.308. The number of fused-ring (bicyclic) bond motifs is 1. The monoisotopic (exact) mass is 346 g/mol. The van der Waals surface area contributed by atoms with E-state index < -0.39 is 0 Å². The number of anilines is 1. The fourth-order valence-electron chi connectivity index (χ4n) is 3.75. The molecule has 26 heavy (non-hydrogen) atoms. The van der Waals surface area contributed by atoms with E-state index in [0.29, 0.717) is 12.6 Å². The van der Waals surface area contributed by atoms with Gasteiger partial charge in [0, 0.05) is 18.0 Å². The van der Waals surface area contributed by atoms with Gasteiger partial charge >= 0.3 is 0 Å². The molecule has 2 heterocycles. The molecule has 0 N–H and O–H groups in total. The number of piperidine rings is 1. The Morgan fingerprint density at radius 3 is 2.77 bits per heavy atom. The third-order valence-corrected chi connectivity index (χ3v) is 5.41. The van der Waals surface area contributed by atoms with Crippen molar-refractivity contribution in [3.63, 3.8) is 0 Å². The van der Waals surface area contributed by atoms with Gasteiger partial charge in [0.1, 0.15) is 23.7 Å². The van der Waals surface area contributed by atoms with Gasteiger partial charge in [-0.2, -0.15) is 0 Å². The van der Waals surface area contributed by atoms with Gasteiger partial charge in [-0.25, -0.2) is 4.98 Å². The Bertz CT molecular complexity index is 906. The molecule has 1 atom stereocenters. The Balaban J connectivity index is 1.64. The number of pyridine rings is 1. The summed E-state index contributed by atoms with van der Waals surface area (Å²) >= 11 is 0. The van der Waals surface area contributed by atoms with E-state index in [2.05, 4.69) is 61.2 Å². The van der Waals surface area contributed by atoms with Crippen molar-refractivity contribution in [3.05, 3.63) is 65.7 Å². The molecule has 0 aliphatic carbocycles. The lowest BCUT2D eigenvalue weighted by atomic mass is 10.0. The first kappa shape index (κ1) is 16.9. The van der Waals surface area contributed by atoms with E-state index in [4.69, 9.17) is 9.72 Å². The highest BCUT2D eigenvalue weighted by atomic mass is 16.5. The lowest BCUT2D eigenvalue weighted by Gasteiger charge is -2.34. The molecule has 0 radical (unpaired) electrons. The van der Waals surface area contributed by atoms with Crippen LogP contribution in [0.15, 0.2) is 54.6 Å². The summed E-state index contributed by atoms with van der Waals surface area (Å²) in [4.78, 5) is 7.42. The van der Waals surface area contributed by atoms with Crippen LogP contribution in [0.1, 0.15) is 37.3 Å². The zero-order valence-electron chi connectivity index (χ0n) is 15.6. The second-order valence-corrected chi connectivity index (χ2v) is 7.25. The van der Waals surface area contributed by atoms with E-state index in [1.165, 1.54) is 30.4 Å². The van der Waals surface area contributed by atoms with Crippen LogP contribution < -0.4 is 9.64 Å². The predicted molar refractivity (Wildman–Crippen MR) is 108 cm³/mol. The van der Waals surface area contributed by atoms with Gasteiger partial charge in [0.15, 0.2) is 0 Å². The fraction of sp³-hybridized carbons (Fsp3) is 0.348. The highest BCUT2D eigenvalue weighted by Crippen LogP contribution is 2.29. The number of aryl methyl sites for hydroxylation is 1. The number of hydrogen-bond acceptors (Lipinski definition) is 3. The van der Waals surface area contributed by atoms with E-state index in [0.717, 1.165) is 29.0 Å². The zero-order valence-corrected chi connectivity index (χ0v) is 15.6. The Kier molecular flexibility index (Phi) is 4.79. The molecule has 4 rings (SSSR count). The Morgan fingerprint density at radius 1 is 1.04 bits per heavy atom. The number of nitrogens with zero attached hydrogens (tertiary/aromatic N) is 2. The third-order valence-electron chi connectivity index (χ3n) is 5.41. The Labute approximate surface area is 155 Å². The minimum Gasteiger partial charge on any atom is -0.487 e. The summed E-state index contributed by atoms with van der Waals surface area (Å²) in [5.41, 5.74) is 3.42. The van der Waals surface area contributed by atoms with Crippen LogP contribution in [0.5, 0.6) is 5.75 Å². The summed E-state index contributed by atoms with van der Waals surface area (Å²) in [5.74, 6) is 1.92. The third kappa shape index (κ3) is 3.39. The second-order valence-electron chi connectivity index (χ2n) is 7.25. The van der Waals surface area contributed by atoms with E-state index in [1.807, 2.05) is 12.1 Å². The van der Waals surface area contributed by atoms with Crippen molar-refractivity contribution in [2.45, 2.75) is 45.8 Å². The summed E-state index contributed by atoms with van der Waals surface area (Å²) in [6.07, 6.45) is 3.80. The van der Waals surface area contributed by atoms with Crippen molar-refractivity contribution in [1.29, 1.82) is 0 Å². The van der Waals surface area contributed by atoms with Crippen molar-refractivity contribution >= 4 is 16.7 Å². The number of para-hydroxylation sites is 1. The van der Waals surface area contributed by atoms with Crippen molar-refractivity contribution in [2.24, 2.45) is 0 Å². The summed E-state index contributed by atoms with van der Waals surface area (Å²) in [5, 5.41) is 1.13. The maximum absolute atomic E-state index is 6.17. The average molecular weight is 346 g/mol. The summed E-state index contributed by atoms with van der Waals surface area (Å²) in [7, 11) is 0. The number of aromatic nitrogens is 1. The van der Waals surface area contributed by atoms with Crippen molar-refractivity contribution in [1.82, 2.24) is 4.98 Å². The minimum atomic E-state index is 0.550. The normalized spacial score (nSPS) is 17.5. The molecule has 1 aliphatic heterocycles. The first-order valence-corrected chi connectivity index (χ1v) is 9.56. The number of benzene rings is 2. The summed E-state index contributed by atoms with van der Waals surface area (Å²) < 4.78 is 6.17. The topological polar surface area (TPSA) is 25.4 Å². The molecule has 3 nitrogen and oxygen atoms in total. The van der Waals surface area contributed by atoms with Gasteiger partial charge in [-0.15, -0.1) is 0 Å². The van der Waals surface area contributed by atoms with Gasteiger partial charge in [0.05, 0.1) is 0 Å². The number of rotatable bonds is 4. The highest BCUT2D eigenvalue weighted by molar-refractivity contribution is 5.86. The van der Waals surface area contributed by atoms with Gasteiger partial charge in [-0.1, -0.05) is 36.4 Å². The van der Waals surface area contributed by atoms with Crippen molar-refractivity contribution in [2.75, 3.05) is 11.4 Å². The maximum Gasteiger partial charge on any atom is 0.146 e. The average Bonchev–Trinajstić information content (AvgIpc) is 2.67. The van der Waals surface area contributed by atoms with Crippen LogP contribution in [0.4, 0.5) is 5.82 Å². The maximum atomic E-state index is 6.17. The molecule has 134 valence electrons. The molecular formula is C23H26N2O. The van der Waals surface area contributed by atoms with Crippen LogP contribution in [-0.2, 0) is 6.61 Å². The molecular weight excluding hydrogens is 320 g/mol. The Hall–Kier alpha value is -2.55. The van der Waals surface area contributed by atoms with Crippen molar-refractivity contribution < 1.29 is 4.74 Å². The largest absolute Gasteiger partial charge is 0.487 e. The van der Waals surface area contributed by atoms with E-state index in [9.17, 15) is 0 Å². The van der Waals surface area contributed by atoms with E-state index in [-0.39, 0.29) is 0 Å². The SMILES string of the molecule is Cc1ccccc1COc1cccc2ccc(N3CCCCC3C)nc12. The van der Waals surface area contributed by atoms with Crippen LogP contribution in [-0.4, -0.2) is 17.6 Å². The molecule has 2 aromatic carbocycles. The molecule has 0 saturated carbocycles.